The second kappa shape index (κ2) is 9.99. The molecule has 1 amide bonds. The molecule has 0 aromatic heterocycles. The Kier molecular flexibility index (Phi) is 7.68. The molecule has 1 aromatic carbocycles. The van der Waals surface area contributed by atoms with Gasteiger partial charge in [-0.3, -0.25) is 19.2 Å². The first kappa shape index (κ1) is 22.3. The molecule has 0 spiro atoms. The summed E-state index contributed by atoms with van der Waals surface area (Å²) in [5, 5.41) is 13.0. The first-order valence-electron chi connectivity index (χ1n) is 8.86. The van der Waals surface area contributed by atoms with E-state index in [9.17, 15) is 24.3 Å². The number of amides is 1. The first-order valence-corrected chi connectivity index (χ1v) is 8.86. The molecule has 1 fully saturated rings. The molecule has 1 heterocycles. The Balaban J connectivity index is 2.30. The first-order chi connectivity index (χ1) is 13.7. The molecule has 2 N–H and O–H groups in total. The number of carbonyl (C=O) groups is 4. The Morgan fingerprint density at radius 1 is 0.966 bits per heavy atom. The molecule has 1 aromatic rings. The van der Waals surface area contributed by atoms with E-state index in [1.807, 2.05) is 0 Å². The maximum atomic E-state index is 12.5. The van der Waals surface area contributed by atoms with Gasteiger partial charge in [-0.25, -0.2) is 0 Å². The summed E-state index contributed by atoms with van der Waals surface area (Å²) in [6.45, 7) is 3.08. The number of benzene rings is 1. The molecule has 0 bridgehead atoms. The fourth-order valence-corrected chi connectivity index (χ4v) is 2.90. The van der Waals surface area contributed by atoms with Gasteiger partial charge in [-0.15, -0.1) is 0 Å². The highest BCUT2D eigenvalue weighted by molar-refractivity contribution is 5.94. The van der Waals surface area contributed by atoms with E-state index in [-0.39, 0.29) is 6.61 Å². The lowest BCUT2D eigenvalue weighted by Gasteiger charge is -2.43. The third-order valence-electron chi connectivity index (χ3n) is 4.05. The Bertz CT molecular complexity index is 751. The van der Waals surface area contributed by atoms with Gasteiger partial charge >= 0.3 is 17.9 Å². The highest BCUT2D eigenvalue weighted by Gasteiger charge is 2.50. The van der Waals surface area contributed by atoms with Crippen molar-refractivity contribution in [3.63, 3.8) is 0 Å². The standard InChI is InChI=1S/C19H23NO9/c1-10(21)26-9-14-16(27-11(2)22)17(28-12(3)23)15(19(25)29-14)20-18(24)13-7-5-4-6-8-13/h4-8,14-17,19,25H,9H2,1-3H3,(H,20,24)/t14?,15?,16-,17+,19?/m0/s1. The minimum atomic E-state index is -1.63. The van der Waals surface area contributed by atoms with Crippen LogP contribution in [0.3, 0.4) is 0 Å². The minimum Gasteiger partial charge on any atom is -0.463 e. The van der Waals surface area contributed by atoms with Gasteiger partial charge in [0, 0.05) is 26.3 Å². The van der Waals surface area contributed by atoms with Gasteiger partial charge in [0.15, 0.2) is 18.5 Å². The normalized spacial score (nSPS) is 26.1. The lowest BCUT2D eigenvalue weighted by molar-refractivity contribution is -0.263. The van der Waals surface area contributed by atoms with Crippen molar-refractivity contribution in [3.8, 4) is 0 Å². The van der Waals surface area contributed by atoms with Crippen LogP contribution in [0.2, 0.25) is 0 Å². The van der Waals surface area contributed by atoms with E-state index in [0.717, 1.165) is 13.8 Å². The number of esters is 3. The quantitative estimate of drug-likeness (QED) is 0.488. The molecule has 2 rings (SSSR count). The number of hydrogen-bond acceptors (Lipinski definition) is 9. The molecular formula is C19H23NO9. The summed E-state index contributed by atoms with van der Waals surface area (Å²) in [4.78, 5) is 46.9. The zero-order valence-electron chi connectivity index (χ0n) is 16.2. The molecule has 3 unspecified atom stereocenters. The van der Waals surface area contributed by atoms with Gasteiger partial charge in [-0.1, -0.05) is 18.2 Å². The van der Waals surface area contributed by atoms with Gasteiger partial charge < -0.3 is 29.4 Å². The molecule has 1 aliphatic rings. The number of aliphatic hydroxyl groups excluding tert-OH is 1. The van der Waals surface area contributed by atoms with Crippen LogP contribution in [0.1, 0.15) is 31.1 Å². The van der Waals surface area contributed by atoms with Gasteiger partial charge in [0.1, 0.15) is 18.8 Å². The number of nitrogens with one attached hydrogen (secondary N) is 1. The van der Waals surface area contributed by atoms with E-state index in [2.05, 4.69) is 5.32 Å². The fraction of sp³-hybridized carbons (Fsp3) is 0.474. The minimum absolute atomic E-state index is 0.298. The van der Waals surface area contributed by atoms with Crippen LogP contribution in [0.15, 0.2) is 30.3 Å². The topological polar surface area (TPSA) is 137 Å². The van der Waals surface area contributed by atoms with Crippen molar-refractivity contribution < 1.29 is 43.2 Å². The average molecular weight is 409 g/mol. The second-order valence-electron chi connectivity index (χ2n) is 6.38. The van der Waals surface area contributed by atoms with Crippen molar-refractivity contribution in [2.24, 2.45) is 0 Å². The van der Waals surface area contributed by atoms with E-state index < -0.39 is 54.5 Å². The third-order valence-corrected chi connectivity index (χ3v) is 4.05. The van der Waals surface area contributed by atoms with E-state index >= 15 is 0 Å². The monoisotopic (exact) mass is 409 g/mol. The van der Waals surface area contributed by atoms with Crippen LogP contribution in [0.4, 0.5) is 0 Å². The van der Waals surface area contributed by atoms with Crippen LogP contribution in [0.25, 0.3) is 0 Å². The number of hydrogen-bond donors (Lipinski definition) is 2. The smallest absolute Gasteiger partial charge is 0.303 e. The van der Waals surface area contributed by atoms with Crippen molar-refractivity contribution in [2.45, 2.75) is 51.4 Å². The molecule has 0 radical (unpaired) electrons. The van der Waals surface area contributed by atoms with Crippen molar-refractivity contribution in [1.82, 2.24) is 5.32 Å². The van der Waals surface area contributed by atoms with Crippen molar-refractivity contribution in [2.75, 3.05) is 6.61 Å². The predicted octanol–water partition coefficient (Wildman–Crippen LogP) is -0.0713. The van der Waals surface area contributed by atoms with Crippen molar-refractivity contribution >= 4 is 23.8 Å². The molecule has 10 nitrogen and oxygen atoms in total. The van der Waals surface area contributed by atoms with Crippen LogP contribution in [0, 0.1) is 0 Å². The lowest BCUT2D eigenvalue weighted by Crippen LogP contribution is -2.66. The summed E-state index contributed by atoms with van der Waals surface area (Å²) in [7, 11) is 0. The number of rotatable bonds is 6. The fourth-order valence-electron chi connectivity index (χ4n) is 2.90. The molecule has 29 heavy (non-hydrogen) atoms. The Morgan fingerprint density at radius 2 is 1.55 bits per heavy atom. The summed E-state index contributed by atoms with van der Waals surface area (Å²) in [5.74, 6) is -2.62. The van der Waals surface area contributed by atoms with Gasteiger partial charge in [0.05, 0.1) is 0 Å². The molecular weight excluding hydrogens is 386 g/mol. The molecule has 10 heteroatoms. The van der Waals surface area contributed by atoms with Gasteiger partial charge in [0.25, 0.3) is 5.91 Å². The summed E-state index contributed by atoms with van der Waals surface area (Å²) in [6, 6.07) is 6.91. The lowest BCUT2D eigenvalue weighted by atomic mass is 9.96. The number of aliphatic hydroxyl groups is 1. The van der Waals surface area contributed by atoms with Crippen molar-refractivity contribution in [1.29, 1.82) is 0 Å². The van der Waals surface area contributed by atoms with Crippen LogP contribution >= 0.6 is 0 Å². The molecule has 158 valence electrons. The highest BCUT2D eigenvalue weighted by Crippen LogP contribution is 2.26. The summed E-state index contributed by atoms with van der Waals surface area (Å²) in [6.07, 6.45) is -5.26. The van der Waals surface area contributed by atoms with E-state index in [1.165, 1.54) is 6.92 Å². The number of carbonyl (C=O) groups excluding carboxylic acids is 4. The maximum Gasteiger partial charge on any atom is 0.303 e. The maximum absolute atomic E-state index is 12.5. The Morgan fingerprint density at radius 3 is 2.10 bits per heavy atom. The second-order valence-corrected chi connectivity index (χ2v) is 6.38. The van der Waals surface area contributed by atoms with E-state index in [4.69, 9.17) is 18.9 Å². The zero-order chi connectivity index (χ0) is 21.6. The van der Waals surface area contributed by atoms with Crippen LogP contribution < -0.4 is 5.32 Å². The molecule has 1 aliphatic heterocycles. The van der Waals surface area contributed by atoms with Crippen LogP contribution in [0.5, 0.6) is 0 Å². The van der Waals surface area contributed by atoms with Crippen LogP contribution in [-0.2, 0) is 33.3 Å². The van der Waals surface area contributed by atoms with Crippen molar-refractivity contribution in [3.05, 3.63) is 35.9 Å². The SMILES string of the molecule is CC(=O)OCC1OC(O)C(NC(=O)c2ccccc2)[C@@H](OC(C)=O)[C@H]1OC(C)=O. The van der Waals surface area contributed by atoms with E-state index in [0.29, 0.717) is 5.56 Å². The summed E-state index contributed by atoms with van der Waals surface area (Å²) >= 11 is 0. The molecule has 0 saturated carbocycles. The zero-order valence-corrected chi connectivity index (χ0v) is 16.2. The third kappa shape index (κ3) is 6.26. The molecule has 0 aliphatic carbocycles. The van der Waals surface area contributed by atoms with Crippen LogP contribution in [-0.4, -0.2) is 66.2 Å². The van der Waals surface area contributed by atoms with E-state index in [1.54, 1.807) is 30.3 Å². The summed E-state index contributed by atoms with van der Waals surface area (Å²) in [5.41, 5.74) is 0.298. The van der Waals surface area contributed by atoms with Gasteiger partial charge in [-0.05, 0) is 12.1 Å². The molecule has 1 saturated heterocycles. The molecule has 5 atom stereocenters. The largest absolute Gasteiger partial charge is 0.463 e. The average Bonchev–Trinajstić information content (AvgIpc) is 2.65. The predicted molar refractivity (Wildman–Crippen MR) is 96.3 cm³/mol. The number of ether oxygens (including phenoxy) is 4. The highest BCUT2D eigenvalue weighted by atomic mass is 16.7. The summed E-state index contributed by atoms with van der Waals surface area (Å²) < 4.78 is 20.8. The van der Waals surface area contributed by atoms with Gasteiger partial charge in [-0.2, -0.15) is 0 Å². The Labute approximate surface area is 167 Å². The van der Waals surface area contributed by atoms with Gasteiger partial charge in [0.2, 0.25) is 0 Å². The Hall–Kier alpha value is -2.98.